The van der Waals surface area contributed by atoms with Crippen LogP contribution in [0.2, 0.25) is 0 Å². The summed E-state index contributed by atoms with van der Waals surface area (Å²) in [5.41, 5.74) is -5.34. The van der Waals surface area contributed by atoms with Crippen LogP contribution in [0, 0.1) is 0 Å². The molecule has 0 bridgehead atoms. The minimum Gasteiger partial charge on any atom is -0.546 e. The monoisotopic (exact) mass is 397 g/mol. The van der Waals surface area contributed by atoms with Crippen LogP contribution in [0.25, 0.3) is 4.72 Å². The Hall–Kier alpha value is -0.820. The molecule has 0 saturated heterocycles. The molecule has 13 heteroatoms. The van der Waals surface area contributed by atoms with Gasteiger partial charge in [0, 0.05) is 12.2 Å². The van der Waals surface area contributed by atoms with Crippen LogP contribution in [0.15, 0.2) is 24.3 Å². The number of halogens is 3. The predicted molar refractivity (Wildman–Crippen MR) is 73.7 cm³/mol. The normalized spacial score (nSPS) is 13.5. The number of hydrogen-bond acceptors (Lipinski definition) is 6. The number of hydrogen-bond donors (Lipinski definition) is 0. The van der Waals surface area contributed by atoms with E-state index in [9.17, 15) is 34.8 Å². The van der Waals surface area contributed by atoms with Crippen molar-refractivity contribution >= 4 is 26.0 Å². The summed E-state index contributed by atoms with van der Waals surface area (Å²) in [6.45, 7) is 1.33. The summed E-state index contributed by atoms with van der Waals surface area (Å²) in [4.78, 5) is 11.6. The van der Waals surface area contributed by atoms with E-state index in [1.165, 1.54) is 6.92 Å². The second-order valence-corrected chi connectivity index (χ2v) is 7.62. The zero-order valence-electron chi connectivity index (χ0n) is 12.7. The van der Waals surface area contributed by atoms with Gasteiger partial charge in [-0.3, -0.25) is 0 Å². The van der Waals surface area contributed by atoms with Crippen molar-refractivity contribution in [3.8, 4) is 5.75 Å². The first-order valence-corrected chi connectivity index (χ1v) is 9.06. The van der Waals surface area contributed by atoms with E-state index in [4.69, 9.17) is 0 Å². The van der Waals surface area contributed by atoms with Gasteiger partial charge in [-0.1, -0.05) is 19.1 Å². The zero-order valence-corrected chi connectivity index (χ0v) is 16.4. The molecule has 0 aliphatic carbocycles. The third kappa shape index (κ3) is 6.59. The molecule has 0 spiro atoms. The maximum atomic E-state index is 12.2. The van der Waals surface area contributed by atoms with Gasteiger partial charge in [0.1, 0.15) is 5.75 Å². The zero-order chi connectivity index (χ0) is 18.1. The molecule has 130 valence electrons. The molecule has 0 radical (unpaired) electrons. The predicted octanol–water partition coefficient (Wildman–Crippen LogP) is -1.12. The smallest absolute Gasteiger partial charge is 0.546 e. The number of sulfonamides is 1. The first kappa shape index (κ1) is 23.2. The van der Waals surface area contributed by atoms with Gasteiger partial charge in [-0.2, -0.15) is 21.6 Å². The summed E-state index contributed by atoms with van der Waals surface area (Å²) in [6.07, 6.45) is 0.733. The third-order valence-corrected chi connectivity index (χ3v) is 3.99. The van der Waals surface area contributed by atoms with Gasteiger partial charge < -0.3 is 13.7 Å². The molecule has 1 amide bonds. The van der Waals surface area contributed by atoms with E-state index in [0.717, 1.165) is 30.5 Å². The second-order valence-electron chi connectivity index (χ2n) is 4.44. The number of benzene rings is 1. The van der Waals surface area contributed by atoms with Gasteiger partial charge >= 0.3 is 45.2 Å². The molecule has 0 heterocycles. The van der Waals surface area contributed by atoms with Crippen molar-refractivity contribution < 1.29 is 68.5 Å². The van der Waals surface area contributed by atoms with Crippen LogP contribution < -0.4 is 33.7 Å². The van der Waals surface area contributed by atoms with E-state index < -0.39 is 43.2 Å². The third-order valence-electron chi connectivity index (χ3n) is 2.50. The van der Waals surface area contributed by atoms with Gasteiger partial charge in [-0.05, 0) is 17.7 Å². The van der Waals surface area contributed by atoms with E-state index in [-0.39, 0.29) is 35.1 Å². The number of amides is 1. The van der Waals surface area contributed by atoms with Gasteiger partial charge in [-0.25, -0.2) is 8.42 Å². The van der Waals surface area contributed by atoms with Crippen molar-refractivity contribution in [2.45, 2.75) is 18.3 Å². The van der Waals surface area contributed by atoms with Crippen LogP contribution in [-0.2, 0) is 24.9 Å². The molecule has 0 fully saturated rings. The average molecular weight is 397 g/mol. The number of carbonyl (C=O) groups excluding carboxylic acids is 1. The molecule has 0 aliphatic rings. The van der Waals surface area contributed by atoms with Crippen LogP contribution in [0.4, 0.5) is 13.2 Å². The Bertz CT molecular complexity index is 790. The number of nitrogens with zero attached hydrogens (tertiary/aromatic N) is 1. The Balaban J connectivity index is 0.00000529. The maximum absolute atomic E-state index is 12.2. The summed E-state index contributed by atoms with van der Waals surface area (Å²) in [6, 6.07) is 4.06. The molecule has 24 heavy (non-hydrogen) atoms. The average Bonchev–Trinajstić information content (AvgIpc) is 2.35. The van der Waals surface area contributed by atoms with Gasteiger partial charge in [0.05, 0.1) is 15.9 Å². The van der Waals surface area contributed by atoms with Crippen molar-refractivity contribution in [3.05, 3.63) is 34.6 Å². The molecule has 1 rings (SSSR count). The Kier molecular flexibility index (Phi) is 7.76. The minimum atomic E-state index is -5.79. The first-order chi connectivity index (χ1) is 10.2. The summed E-state index contributed by atoms with van der Waals surface area (Å²) < 4.78 is 86.8. The Morgan fingerprint density at radius 3 is 1.96 bits per heavy atom. The van der Waals surface area contributed by atoms with E-state index in [1.807, 2.05) is 0 Å². The molecule has 0 saturated carbocycles. The molecule has 0 aromatic heterocycles. The van der Waals surface area contributed by atoms with Crippen molar-refractivity contribution in [1.29, 1.82) is 0 Å². The molecule has 0 N–H and O–H groups in total. The number of alkyl halides is 3. The van der Waals surface area contributed by atoms with Gasteiger partial charge in [0.25, 0.3) is 0 Å². The second kappa shape index (κ2) is 8.04. The SMILES string of the molecule is C[C@H](C(=O)[N-]S(C)(=O)=O)c1ccc(OS(=O)(=O)C(F)(F)F)cc1.[Na+]. The van der Waals surface area contributed by atoms with Crippen LogP contribution in [0.3, 0.4) is 0 Å². The Morgan fingerprint density at radius 1 is 1.12 bits per heavy atom. The maximum Gasteiger partial charge on any atom is 1.00 e. The van der Waals surface area contributed by atoms with Crippen molar-refractivity contribution in [3.63, 3.8) is 0 Å². The van der Waals surface area contributed by atoms with Crippen LogP contribution in [0.5, 0.6) is 5.75 Å². The standard InChI is InChI=1S/C11H12F3NO6S2.Na/c1-7(10(16)15-22(2,17)18)8-3-5-9(6-4-8)21-23(19,20)11(12,13)14;/h3-7H,1-2H3,(H,15,16);/q;+1/p-1/t7-;/m0./s1. The first-order valence-electron chi connectivity index (χ1n) is 5.80. The van der Waals surface area contributed by atoms with Gasteiger partial charge in [-0.15, -0.1) is 0 Å². The molecule has 0 aliphatic heterocycles. The van der Waals surface area contributed by atoms with E-state index >= 15 is 0 Å². The molecule has 1 aromatic carbocycles. The van der Waals surface area contributed by atoms with Crippen LogP contribution >= 0.6 is 0 Å². The summed E-state index contributed by atoms with van der Waals surface area (Å²) in [7, 11) is -9.67. The van der Waals surface area contributed by atoms with Crippen LogP contribution in [-0.4, -0.2) is 34.5 Å². The number of carbonyl (C=O) groups is 1. The van der Waals surface area contributed by atoms with Crippen molar-refractivity contribution in [1.82, 2.24) is 0 Å². The molecule has 0 unspecified atom stereocenters. The number of rotatable bonds is 5. The molecule has 1 aromatic rings. The van der Waals surface area contributed by atoms with Crippen LogP contribution in [0.1, 0.15) is 18.4 Å². The fourth-order valence-corrected chi connectivity index (χ4v) is 2.31. The van der Waals surface area contributed by atoms with Gasteiger partial charge in [0.2, 0.25) is 0 Å². The quantitative estimate of drug-likeness (QED) is 0.354. The van der Waals surface area contributed by atoms with E-state index in [1.54, 1.807) is 0 Å². The Morgan fingerprint density at radius 2 is 1.58 bits per heavy atom. The topological polar surface area (TPSA) is 109 Å². The van der Waals surface area contributed by atoms with Gasteiger partial charge in [0.15, 0.2) is 0 Å². The van der Waals surface area contributed by atoms with E-state index in [0.29, 0.717) is 0 Å². The molecular weight excluding hydrogens is 386 g/mol. The molecule has 1 atom stereocenters. The fourth-order valence-electron chi connectivity index (χ4n) is 1.37. The van der Waals surface area contributed by atoms with Crippen molar-refractivity contribution in [2.75, 3.05) is 6.26 Å². The molecular formula is C11H11F3NNaO6S2. The largest absolute Gasteiger partial charge is 1.00 e. The summed E-state index contributed by atoms with van der Waals surface area (Å²) >= 11 is 0. The molecule has 7 nitrogen and oxygen atoms in total. The summed E-state index contributed by atoms with van der Waals surface area (Å²) in [5.74, 6) is -2.56. The fraction of sp³-hybridized carbons (Fsp3) is 0.364. The Labute approximate surface area is 159 Å². The summed E-state index contributed by atoms with van der Waals surface area (Å²) in [5, 5.41) is 0. The van der Waals surface area contributed by atoms with E-state index in [2.05, 4.69) is 8.91 Å². The minimum absolute atomic E-state index is 0. The van der Waals surface area contributed by atoms with Crippen molar-refractivity contribution in [2.24, 2.45) is 0 Å².